The molecule has 37 heavy (non-hydrogen) atoms. The predicted octanol–water partition coefficient (Wildman–Crippen LogP) is 6.68. The first-order valence-corrected chi connectivity index (χ1v) is 12.9. The molecule has 3 aromatic carbocycles. The van der Waals surface area contributed by atoms with Crippen LogP contribution < -0.4 is 4.90 Å². The van der Waals surface area contributed by atoms with Crippen LogP contribution in [0.1, 0.15) is 54.1 Å². The van der Waals surface area contributed by atoms with Crippen molar-refractivity contribution >= 4 is 17.7 Å². The largest absolute Gasteiger partial charge is 0.478 e. The van der Waals surface area contributed by atoms with E-state index >= 15 is 0 Å². The fraction of sp³-hybridized carbons (Fsp3) is 0.250. The van der Waals surface area contributed by atoms with Crippen molar-refractivity contribution in [2.24, 2.45) is 7.05 Å². The van der Waals surface area contributed by atoms with Gasteiger partial charge < -0.3 is 10.0 Å². The van der Waals surface area contributed by atoms with Crippen LogP contribution in [0.25, 0.3) is 17.2 Å². The summed E-state index contributed by atoms with van der Waals surface area (Å²) in [6.07, 6.45) is 9.96. The molecular weight excluding hydrogens is 458 g/mol. The van der Waals surface area contributed by atoms with Crippen LogP contribution in [0.5, 0.6) is 0 Å². The SMILES string of the molecule is CCCc1ccc(N2[C@@H](c3ccc(/C=C/C(=O)O)cc3)c3ccc(-c4cnn(C)c4)cc3C[C@@H]2C)cc1. The number of benzene rings is 3. The molecule has 0 spiro atoms. The quantitative estimate of drug-likeness (QED) is 0.293. The number of nitrogens with zero attached hydrogens (tertiary/aromatic N) is 3. The number of aliphatic carboxylic acids is 1. The van der Waals surface area contributed by atoms with E-state index in [-0.39, 0.29) is 6.04 Å². The highest BCUT2D eigenvalue weighted by Gasteiger charge is 2.33. The van der Waals surface area contributed by atoms with E-state index in [2.05, 4.69) is 84.6 Å². The molecule has 1 N–H and O–H groups in total. The van der Waals surface area contributed by atoms with Crippen LogP contribution in [0, 0.1) is 0 Å². The third kappa shape index (κ3) is 5.21. The first-order valence-electron chi connectivity index (χ1n) is 12.9. The summed E-state index contributed by atoms with van der Waals surface area (Å²) in [4.78, 5) is 13.5. The number of hydrogen-bond acceptors (Lipinski definition) is 3. The van der Waals surface area contributed by atoms with Gasteiger partial charge in [0.25, 0.3) is 0 Å². The fourth-order valence-corrected chi connectivity index (χ4v) is 5.44. The lowest BCUT2D eigenvalue weighted by Crippen LogP contribution is -2.42. The smallest absolute Gasteiger partial charge is 0.328 e. The van der Waals surface area contributed by atoms with E-state index < -0.39 is 5.97 Å². The average Bonchev–Trinajstić information content (AvgIpc) is 3.34. The van der Waals surface area contributed by atoms with Gasteiger partial charge in [-0.1, -0.05) is 67.9 Å². The maximum atomic E-state index is 11.0. The third-order valence-corrected chi connectivity index (χ3v) is 7.19. The van der Waals surface area contributed by atoms with E-state index in [1.807, 2.05) is 30.1 Å². The van der Waals surface area contributed by atoms with E-state index in [4.69, 9.17) is 5.11 Å². The Balaban J connectivity index is 1.58. The Labute approximate surface area is 218 Å². The molecule has 4 aromatic rings. The average molecular weight is 492 g/mol. The molecule has 1 aliphatic rings. The van der Waals surface area contributed by atoms with E-state index in [0.29, 0.717) is 6.04 Å². The van der Waals surface area contributed by atoms with E-state index in [1.165, 1.54) is 39.6 Å². The molecule has 5 nitrogen and oxygen atoms in total. The van der Waals surface area contributed by atoms with Crippen LogP contribution in [-0.2, 0) is 24.7 Å². The molecular formula is C32H33N3O2. The van der Waals surface area contributed by atoms with E-state index in [1.54, 1.807) is 6.08 Å². The molecule has 0 fully saturated rings. The maximum Gasteiger partial charge on any atom is 0.328 e. The number of rotatable bonds is 7. The molecule has 0 saturated heterocycles. The Morgan fingerprint density at radius 2 is 1.81 bits per heavy atom. The van der Waals surface area contributed by atoms with Crippen LogP contribution in [0.4, 0.5) is 5.69 Å². The van der Waals surface area contributed by atoms with Gasteiger partial charge >= 0.3 is 5.97 Å². The Hall–Kier alpha value is -4.12. The summed E-state index contributed by atoms with van der Waals surface area (Å²) in [5.74, 6) is -0.943. The van der Waals surface area contributed by atoms with Gasteiger partial charge in [0.2, 0.25) is 0 Å². The van der Waals surface area contributed by atoms with Crippen molar-refractivity contribution < 1.29 is 9.90 Å². The highest BCUT2D eigenvalue weighted by atomic mass is 16.4. The lowest BCUT2D eigenvalue weighted by Gasteiger charge is -2.44. The number of carbonyl (C=O) groups is 1. The molecule has 1 aliphatic heterocycles. The Bertz CT molecular complexity index is 1420. The van der Waals surface area contributed by atoms with Crippen molar-refractivity contribution in [3.8, 4) is 11.1 Å². The van der Waals surface area contributed by atoms with Gasteiger partial charge in [0.15, 0.2) is 0 Å². The van der Waals surface area contributed by atoms with Crippen molar-refractivity contribution in [2.75, 3.05) is 4.90 Å². The van der Waals surface area contributed by atoms with Crippen LogP contribution in [0.3, 0.4) is 0 Å². The maximum absolute atomic E-state index is 11.0. The second kappa shape index (κ2) is 10.5. The van der Waals surface area contributed by atoms with Gasteiger partial charge in [-0.2, -0.15) is 5.10 Å². The zero-order chi connectivity index (χ0) is 25.9. The summed E-state index contributed by atoms with van der Waals surface area (Å²) in [7, 11) is 1.94. The first-order chi connectivity index (χ1) is 17.9. The molecule has 0 radical (unpaired) electrons. The van der Waals surface area contributed by atoms with Crippen LogP contribution >= 0.6 is 0 Å². The van der Waals surface area contributed by atoms with Crippen molar-refractivity contribution in [3.05, 3.63) is 113 Å². The number of anilines is 1. The van der Waals surface area contributed by atoms with Gasteiger partial charge in [0.05, 0.1) is 12.2 Å². The molecule has 0 bridgehead atoms. The summed E-state index contributed by atoms with van der Waals surface area (Å²) in [5.41, 5.74) is 9.61. The molecule has 2 heterocycles. The highest BCUT2D eigenvalue weighted by Crippen LogP contribution is 2.42. The minimum Gasteiger partial charge on any atom is -0.478 e. The topological polar surface area (TPSA) is 58.4 Å². The van der Waals surface area contributed by atoms with Crippen molar-refractivity contribution in [3.63, 3.8) is 0 Å². The minimum atomic E-state index is -0.943. The Morgan fingerprint density at radius 1 is 1.05 bits per heavy atom. The molecule has 0 aliphatic carbocycles. The van der Waals surface area contributed by atoms with Gasteiger partial charge in [-0.25, -0.2) is 4.79 Å². The fourth-order valence-electron chi connectivity index (χ4n) is 5.44. The molecule has 188 valence electrons. The summed E-state index contributed by atoms with van der Waals surface area (Å²) >= 11 is 0. The summed E-state index contributed by atoms with van der Waals surface area (Å²) in [6.45, 7) is 4.51. The van der Waals surface area contributed by atoms with Gasteiger partial charge in [-0.15, -0.1) is 0 Å². The lowest BCUT2D eigenvalue weighted by atomic mass is 9.83. The predicted molar refractivity (Wildman–Crippen MR) is 150 cm³/mol. The number of hydrogen-bond donors (Lipinski definition) is 1. The number of aromatic nitrogens is 2. The molecule has 0 amide bonds. The second-order valence-corrected chi connectivity index (χ2v) is 9.93. The van der Waals surface area contributed by atoms with E-state index in [9.17, 15) is 4.79 Å². The number of fused-ring (bicyclic) bond motifs is 1. The first kappa shape index (κ1) is 24.6. The highest BCUT2D eigenvalue weighted by molar-refractivity contribution is 5.85. The van der Waals surface area contributed by atoms with E-state index in [0.717, 1.165) is 30.4 Å². The van der Waals surface area contributed by atoms with Gasteiger partial charge in [-0.05, 0) is 71.4 Å². The molecule has 5 heteroatoms. The summed E-state index contributed by atoms with van der Waals surface area (Å²) < 4.78 is 1.84. The third-order valence-electron chi connectivity index (χ3n) is 7.19. The number of aryl methyl sites for hydroxylation is 2. The van der Waals surface area contributed by atoms with Crippen LogP contribution in [0.15, 0.2) is 85.2 Å². The Morgan fingerprint density at radius 3 is 2.46 bits per heavy atom. The van der Waals surface area contributed by atoms with Gasteiger partial charge in [0, 0.05) is 36.6 Å². The molecule has 5 rings (SSSR count). The van der Waals surface area contributed by atoms with Crippen LogP contribution in [0.2, 0.25) is 0 Å². The zero-order valence-corrected chi connectivity index (χ0v) is 21.6. The minimum absolute atomic E-state index is 0.0521. The van der Waals surface area contributed by atoms with Crippen LogP contribution in [-0.4, -0.2) is 26.9 Å². The number of carboxylic acids is 1. The van der Waals surface area contributed by atoms with Crippen molar-refractivity contribution in [1.29, 1.82) is 0 Å². The van der Waals surface area contributed by atoms with Gasteiger partial charge in [-0.3, -0.25) is 4.68 Å². The standard InChI is InChI=1S/C32H33N3O2/c1-4-5-23-8-14-29(15-9-23)35-22(2)18-27-19-26(28-20-33-34(3)21-28)13-16-30(27)32(35)25-11-6-24(7-12-25)10-17-31(36)37/h6-17,19-22,32H,4-5,18H2,1-3H3,(H,36,37)/b17-10+/t22-,32-/m0/s1. The summed E-state index contributed by atoms with van der Waals surface area (Å²) in [5, 5.41) is 13.3. The van der Waals surface area contributed by atoms with Gasteiger partial charge in [0.1, 0.15) is 0 Å². The molecule has 1 aromatic heterocycles. The Kier molecular flexibility index (Phi) is 6.95. The summed E-state index contributed by atoms with van der Waals surface area (Å²) in [6, 6.07) is 24.4. The zero-order valence-electron chi connectivity index (χ0n) is 21.6. The number of carboxylic acid groups (broad SMARTS) is 1. The monoisotopic (exact) mass is 491 g/mol. The van der Waals surface area contributed by atoms with Crippen molar-refractivity contribution in [2.45, 2.75) is 45.2 Å². The lowest BCUT2D eigenvalue weighted by molar-refractivity contribution is -0.131. The molecule has 2 atom stereocenters. The molecule has 0 saturated carbocycles. The normalized spacial score (nSPS) is 17.2. The van der Waals surface area contributed by atoms with Crippen molar-refractivity contribution in [1.82, 2.24) is 9.78 Å². The second-order valence-electron chi connectivity index (χ2n) is 9.93. The molecule has 0 unspecified atom stereocenters.